The summed E-state index contributed by atoms with van der Waals surface area (Å²) in [5, 5.41) is 2.62. The molecule has 0 spiro atoms. The maximum atomic E-state index is 12.5. The van der Waals surface area contributed by atoms with E-state index in [9.17, 15) is 9.00 Å². The topological polar surface area (TPSA) is 46.2 Å². The van der Waals surface area contributed by atoms with Gasteiger partial charge in [0.15, 0.2) is 0 Å². The number of carbonyl (C=O) groups is 1. The van der Waals surface area contributed by atoms with Gasteiger partial charge in [0, 0.05) is 22.6 Å². The van der Waals surface area contributed by atoms with Crippen LogP contribution in [0.2, 0.25) is 0 Å². The Morgan fingerprint density at radius 3 is 2.29 bits per heavy atom. The quantitative estimate of drug-likeness (QED) is 0.871. The minimum Gasteiger partial charge on any atom is -0.352 e. The van der Waals surface area contributed by atoms with E-state index in [1.807, 2.05) is 12.1 Å². The molecule has 1 aromatic rings. The van der Waals surface area contributed by atoms with Crippen LogP contribution in [0.15, 0.2) is 24.3 Å². The van der Waals surface area contributed by atoms with E-state index in [1.165, 1.54) is 24.8 Å². The van der Waals surface area contributed by atoms with Crippen molar-refractivity contribution in [3.05, 3.63) is 35.4 Å². The summed E-state index contributed by atoms with van der Waals surface area (Å²) in [4.78, 5) is 12.3. The molecule has 1 amide bonds. The summed E-state index contributed by atoms with van der Waals surface area (Å²) in [6.07, 6.45) is 5.74. The second kappa shape index (κ2) is 8.28. The fourth-order valence-electron chi connectivity index (χ4n) is 3.08. The molecule has 24 heavy (non-hydrogen) atoms. The van der Waals surface area contributed by atoms with Crippen LogP contribution in [-0.2, 0) is 26.8 Å². The minimum atomic E-state index is -1.19. The number of benzene rings is 1. The zero-order valence-electron chi connectivity index (χ0n) is 15.4. The molecule has 0 aromatic heterocycles. The minimum absolute atomic E-state index is 0.0634. The summed E-state index contributed by atoms with van der Waals surface area (Å²) < 4.78 is 12.5. The first-order chi connectivity index (χ1) is 11.3. The summed E-state index contributed by atoms with van der Waals surface area (Å²) in [5.41, 5.74) is 2.41. The molecule has 2 unspecified atom stereocenters. The van der Waals surface area contributed by atoms with Gasteiger partial charge in [-0.2, -0.15) is 0 Å². The van der Waals surface area contributed by atoms with Gasteiger partial charge in [0.2, 0.25) is 5.91 Å². The van der Waals surface area contributed by atoms with E-state index >= 15 is 0 Å². The lowest BCUT2D eigenvalue weighted by Crippen LogP contribution is -2.42. The van der Waals surface area contributed by atoms with Crippen LogP contribution in [0.1, 0.15) is 70.9 Å². The first kappa shape index (κ1) is 19.2. The molecule has 0 saturated heterocycles. The lowest BCUT2D eigenvalue weighted by molar-refractivity contribution is -0.121. The number of carbonyl (C=O) groups excluding carboxylic acids is 1. The Morgan fingerprint density at radius 1 is 1.17 bits per heavy atom. The second-order valence-corrected chi connectivity index (χ2v) is 9.72. The van der Waals surface area contributed by atoms with E-state index in [-0.39, 0.29) is 17.4 Å². The predicted octanol–water partition coefficient (Wildman–Crippen LogP) is 4.07. The Kier molecular flexibility index (Phi) is 6.62. The molecule has 0 bridgehead atoms. The molecule has 1 aromatic carbocycles. The zero-order valence-corrected chi connectivity index (χ0v) is 16.2. The smallest absolute Gasteiger partial charge is 0.235 e. The molecule has 1 aliphatic rings. The SMILES string of the molecule is CC(C(=O)NC1CCCCC1)S(=O)Cc1ccc(C(C)(C)C)cc1. The van der Waals surface area contributed by atoms with Gasteiger partial charge in [-0.3, -0.25) is 9.00 Å². The van der Waals surface area contributed by atoms with Crippen molar-refractivity contribution in [3.8, 4) is 0 Å². The predicted molar refractivity (Wildman–Crippen MR) is 101 cm³/mol. The highest BCUT2D eigenvalue weighted by Gasteiger charge is 2.24. The van der Waals surface area contributed by atoms with Crippen LogP contribution in [0.4, 0.5) is 0 Å². The molecule has 2 rings (SSSR count). The lowest BCUT2D eigenvalue weighted by Gasteiger charge is -2.24. The van der Waals surface area contributed by atoms with Crippen molar-refractivity contribution in [1.29, 1.82) is 0 Å². The van der Waals surface area contributed by atoms with Crippen molar-refractivity contribution in [2.24, 2.45) is 0 Å². The van der Waals surface area contributed by atoms with Crippen LogP contribution in [0.5, 0.6) is 0 Å². The molecule has 1 fully saturated rings. The van der Waals surface area contributed by atoms with Gasteiger partial charge in [0.1, 0.15) is 5.25 Å². The van der Waals surface area contributed by atoms with Gasteiger partial charge in [0.05, 0.1) is 0 Å². The Balaban J connectivity index is 1.89. The van der Waals surface area contributed by atoms with Gasteiger partial charge in [-0.25, -0.2) is 0 Å². The largest absolute Gasteiger partial charge is 0.352 e. The normalized spacial score (nSPS) is 18.8. The Labute approximate surface area is 149 Å². The number of rotatable bonds is 5. The van der Waals surface area contributed by atoms with E-state index in [1.54, 1.807) is 6.92 Å². The van der Waals surface area contributed by atoms with Crippen LogP contribution < -0.4 is 5.32 Å². The van der Waals surface area contributed by atoms with Crippen LogP contribution >= 0.6 is 0 Å². The number of nitrogens with one attached hydrogen (secondary N) is 1. The molecule has 0 heterocycles. The first-order valence-electron chi connectivity index (χ1n) is 9.04. The average Bonchev–Trinajstić information content (AvgIpc) is 2.54. The van der Waals surface area contributed by atoms with Crippen molar-refractivity contribution in [2.45, 2.75) is 82.3 Å². The van der Waals surface area contributed by atoms with Crippen molar-refractivity contribution in [3.63, 3.8) is 0 Å². The van der Waals surface area contributed by atoms with Gasteiger partial charge in [-0.1, -0.05) is 64.3 Å². The molecule has 0 aliphatic heterocycles. The third-order valence-corrected chi connectivity index (χ3v) is 6.46. The van der Waals surface area contributed by atoms with Crippen LogP contribution in [-0.4, -0.2) is 21.4 Å². The second-order valence-electron chi connectivity index (χ2n) is 7.96. The molecule has 4 heteroatoms. The van der Waals surface area contributed by atoms with Gasteiger partial charge in [-0.15, -0.1) is 0 Å². The maximum Gasteiger partial charge on any atom is 0.235 e. The van der Waals surface area contributed by atoms with Gasteiger partial charge in [0.25, 0.3) is 0 Å². The third kappa shape index (κ3) is 5.44. The Hall–Kier alpha value is -1.16. The van der Waals surface area contributed by atoms with Gasteiger partial charge < -0.3 is 5.32 Å². The number of amides is 1. The number of hydrogen-bond donors (Lipinski definition) is 1. The summed E-state index contributed by atoms with van der Waals surface area (Å²) in [6.45, 7) is 8.31. The molecule has 1 N–H and O–H groups in total. The van der Waals surface area contributed by atoms with Crippen LogP contribution in [0.3, 0.4) is 0 Å². The molecule has 3 nitrogen and oxygen atoms in total. The van der Waals surface area contributed by atoms with Crippen molar-refractivity contribution in [1.82, 2.24) is 5.32 Å². The summed E-state index contributed by atoms with van der Waals surface area (Å²) in [5.74, 6) is 0.371. The van der Waals surface area contributed by atoms with E-state index < -0.39 is 16.0 Å². The highest BCUT2D eigenvalue weighted by molar-refractivity contribution is 7.85. The fraction of sp³-hybridized carbons (Fsp3) is 0.650. The van der Waals surface area contributed by atoms with Crippen LogP contribution in [0.25, 0.3) is 0 Å². The molecule has 2 atom stereocenters. The average molecular weight is 350 g/mol. The van der Waals surface area contributed by atoms with Crippen molar-refractivity contribution in [2.75, 3.05) is 0 Å². The molecule has 1 aliphatic carbocycles. The molecule has 0 radical (unpaired) electrons. The standard InChI is InChI=1S/C20H31NO2S/c1-15(19(22)21-18-8-6-5-7-9-18)24(23)14-16-10-12-17(13-11-16)20(2,3)4/h10-13,15,18H,5-9,14H2,1-4H3,(H,21,22). The molecule has 1 saturated carbocycles. The Bertz CT molecular complexity index is 568. The summed E-state index contributed by atoms with van der Waals surface area (Å²) in [7, 11) is -1.19. The number of hydrogen-bond acceptors (Lipinski definition) is 2. The van der Waals surface area contributed by atoms with E-state index in [2.05, 4.69) is 38.2 Å². The van der Waals surface area contributed by atoms with E-state index in [0.29, 0.717) is 5.75 Å². The van der Waals surface area contributed by atoms with Crippen LogP contribution in [0, 0.1) is 0 Å². The van der Waals surface area contributed by atoms with Gasteiger partial charge in [-0.05, 0) is 36.3 Å². The summed E-state index contributed by atoms with van der Waals surface area (Å²) >= 11 is 0. The fourth-order valence-corrected chi connectivity index (χ4v) is 4.15. The van der Waals surface area contributed by atoms with Gasteiger partial charge >= 0.3 is 0 Å². The zero-order chi connectivity index (χ0) is 17.7. The summed E-state index contributed by atoms with van der Waals surface area (Å²) in [6, 6.07) is 8.53. The molecule has 134 valence electrons. The highest BCUT2D eigenvalue weighted by atomic mass is 32.2. The van der Waals surface area contributed by atoms with E-state index in [4.69, 9.17) is 0 Å². The lowest BCUT2D eigenvalue weighted by atomic mass is 9.87. The van der Waals surface area contributed by atoms with E-state index in [0.717, 1.165) is 18.4 Å². The monoisotopic (exact) mass is 349 g/mol. The maximum absolute atomic E-state index is 12.5. The Morgan fingerprint density at radius 2 is 1.75 bits per heavy atom. The third-order valence-electron chi connectivity index (χ3n) is 4.84. The highest BCUT2D eigenvalue weighted by Crippen LogP contribution is 2.23. The first-order valence-corrected chi connectivity index (χ1v) is 10.4. The molecular formula is C20H31NO2S. The molecular weight excluding hydrogens is 318 g/mol. The van der Waals surface area contributed by atoms with Crippen molar-refractivity contribution < 1.29 is 9.00 Å². The van der Waals surface area contributed by atoms with Crippen molar-refractivity contribution >= 4 is 16.7 Å².